The molecule has 19 heavy (non-hydrogen) atoms. The maximum atomic E-state index is 10.8. The van der Waals surface area contributed by atoms with Gasteiger partial charge in [-0.25, -0.2) is 4.79 Å². The van der Waals surface area contributed by atoms with E-state index < -0.39 is 24.8 Å². The van der Waals surface area contributed by atoms with Gasteiger partial charge in [0.2, 0.25) is 0 Å². The molecule has 0 heterocycles. The highest BCUT2D eigenvalue weighted by atomic mass is 16.4. The molecule has 100 valence electrons. The van der Waals surface area contributed by atoms with Gasteiger partial charge in [0.25, 0.3) is 0 Å². The Bertz CT molecular complexity index is 584. The monoisotopic (exact) mass is 261 g/mol. The van der Waals surface area contributed by atoms with Gasteiger partial charge in [-0.1, -0.05) is 36.4 Å². The van der Waals surface area contributed by atoms with E-state index in [0.717, 1.165) is 10.8 Å². The second kappa shape index (κ2) is 5.69. The molecule has 2 aromatic carbocycles. The van der Waals surface area contributed by atoms with E-state index in [9.17, 15) is 9.90 Å². The topological polar surface area (TPSA) is 89.8 Å². The number of aliphatic hydroxyl groups excluding tert-OH is 2. The first-order valence-corrected chi connectivity index (χ1v) is 5.89. The Morgan fingerprint density at radius 3 is 2.47 bits per heavy atom. The van der Waals surface area contributed by atoms with Crippen LogP contribution in [0.15, 0.2) is 42.5 Å². The van der Waals surface area contributed by atoms with Crippen molar-refractivity contribution in [2.75, 3.05) is 6.61 Å². The fourth-order valence-electron chi connectivity index (χ4n) is 2.04. The van der Waals surface area contributed by atoms with E-state index in [0.29, 0.717) is 5.56 Å². The summed E-state index contributed by atoms with van der Waals surface area (Å²) in [6, 6.07) is 12.2. The van der Waals surface area contributed by atoms with Crippen LogP contribution in [0.2, 0.25) is 0 Å². The van der Waals surface area contributed by atoms with Crippen molar-refractivity contribution in [1.29, 1.82) is 0 Å². The summed E-state index contributed by atoms with van der Waals surface area (Å²) in [7, 11) is 0. The Balaban J connectivity index is 2.40. The van der Waals surface area contributed by atoms with E-state index in [1.165, 1.54) is 0 Å². The molecule has 0 aliphatic carbocycles. The molecule has 2 atom stereocenters. The van der Waals surface area contributed by atoms with Gasteiger partial charge in [-0.15, -0.1) is 0 Å². The Kier molecular flexibility index (Phi) is 3.99. The number of hydrogen-bond acceptors (Lipinski definition) is 3. The molecule has 0 bridgehead atoms. The van der Waals surface area contributed by atoms with Gasteiger partial charge in [0.15, 0.2) is 0 Å². The molecule has 0 aliphatic heterocycles. The third kappa shape index (κ3) is 3.01. The van der Waals surface area contributed by atoms with Gasteiger partial charge >= 0.3 is 6.09 Å². The quantitative estimate of drug-likeness (QED) is 0.671. The molecule has 0 fully saturated rings. The molecular formula is C14H15NO4. The zero-order valence-corrected chi connectivity index (χ0v) is 10.2. The zero-order chi connectivity index (χ0) is 13.8. The first kappa shape index (κ1) is 13.3. The number of rotatable bonds is 4. The second-order valence-electron chi connectivity index (χ2n) is 4.28. The molecule has 5 nitrogen and oxygen atoms in total. The van der Waals surface area contributed by atoms with Crippen LogP contribution in [-0.4, -0.2) is 34.1 Å². The Morgan fingerprint density at radius 2 is 1.84 bits per heavy atom. The van der Waals surface area contributed by atoms with Gasteiger partial charge in [-0.05, 0) is 22.4 Å². The summed E-state index contributed by atoms with van der Waals surface area (Å²) in [4.78, 5) is 10.8. The molecule has 0 radical (unpaired) electrons. The molecule has 1 amide bonds. The predicted molar refractivity (Wildman–Crippen MR) is 70.9 cm³/mol. The fraction of sp³-hybridized carbons (Fsp3) is 0.214. The molecular weight excluding hydrogens is 246 g/mol. The number of amides is 1. The van der Waals surface area contributed by atoms with Crippen molar-refractivity contribution in [3.8, 4) is 0 Å². The number of hydrogen-bond donors (Lipinski definition) is 4. The average Bonchev–Trinajstić information content (AvgIpc) is 2.43. The molecule has 4 N–H and O–H groups in total. The lowest BCUT2D eigenvalue weighted by Gasteiger charge is -2.22. The normalized spacial score (nSPS) is 14.0. The van der Waals surface area contributed by atoms with Crippen LogP contribution in [-0.2, 0) is 0 Å². The van der Waals surface area contributed by atoms with Crippen molar-refractivity contribution in [2.45, 2.75) is 12.1 Å². The van der Waals surface area contributed by atoms with Gasteiger partial charge in [0, 0.05) is 0 Å². The SMILES string of the molecule is O=C(O)NC(c1ccc2ccccc2c1)C(O)CO. The van der Waals surface area contributed by atoms with E-state index in [1.807, 2.05) is 30.3 Å². The van der Waals surface area contributed by atoms with Crippen molar-refractivity contribution in [1.82, 2.24) is 5.32 Å². The molecule has 5 heteroatoms. The molecule has 0 aromatic heterocycles. The summed E-state index contributed by atoms with van der Waals surface area (Å²) in [6.07, 6.45) is -2.43. The van der Waals surface area contributed by atoms with E-state index >= 15 is 0 Å². The minimum atomic E-state index is -1.24. The summed E-state index contributed by atoms with van der Waals surface area (Å²) in [5.74, 6) is 0. The van der Waals surface area contributed by atoms with Crippen molar-refractivity contribution in [3.05, 3.63) is 48.0 Å². The van der Waals surface area contributed by atoms with Crippen molar-refractivity contribution in [3.63, 3.8) is 0 Å². The van der Waals surface area contributed by atoms with E-state index in [-0.39, 0.29) is 0 Å². The highest BCUT2D eigenvalue weighted by Crippen LogP contribution is 2.22. The molecule has 2 aromatic rings. The number of fused-ring (bicyclic) bond motifs is 1. The third-order valence-corrected chi connectivity index (χ3v) is 2.98. The molecule has 2 rings (SSSR count). The number of carbonyl (C=O) groups is 1. The van der Waals surface area contributed by atoms with Crippen LogP contribution < -0.4 is 5.32 Å². The van der Waals surface area contributed by atoms with Crippen molar-refractivity contribution < 1.29 is 20.1 Å². The average molecular weight is 261 g/mol. The maximum Gasteiger partial charge on any atom is 0.405 e. The van der Waals surface area contributed by atoms with Gasteiger partial charge < -0.3 is 20.6 Å². The maximum absolute atomic E-state index is 10.8. The summed E-state index contributed by atoms with van der Waals surface area (Å²) < 4.78 is 0. The zero-order valence-electron chi connectivity index (χ0n) is 10.2. The molecule has 0 saturated carbocycles. The van der Waals surface area contributed by atoms with Gasteiger partial charge in [-0.2, -0.15) is 0 Å². The van der Waals surface area contributed by atoms with Crippen LogP contribution in [0.1, 0.15) is 11.6 Å². The first-order chi connectivity index (χ1) is 9.11. The number of nitrogens with one attached hydrogen (secondary N) is 1. The van der Waals surface area contributed by atoms with E-state index in [2.05, 4.69) is 5.32 Å². The predicted octanol–water partition coefficient (Wildman–Crippen LogP) is 1.50. The summed E-state index contributed by atoms with van der Waals surface area (Å²) >= 11 is 0. The van der Waals surface area contributed by atoms with Crippen molar-refractivity contribution >= 4 is 16.9 Å². The van der Waals surface area contributed by atoms with Crippen LogP contribution in [0.25, 0.3) is 10.8 Å². The molecule has 0 spiro atoms. The van der Waals surface area contributed by atoms with Gasteiger partial charge in [0.1, 0.15) is 6.10 Å². The standard InChI is InChI=1S/C14H15NO4/c16-8-12(17)13(15-14(18)19)11-6-5-9-3-1-2-4-10(9)7-11/h1-7,12-13,15-17H,8H2,(H,18,19). The van der Waals surface area contributed by atoms with Crippen LogP contribution in [0, 0.1) is 0 Å². The number of aliphatic hydroxyl groups is 2. The number of carboxylic acid groups (broad SMARTS) is 1. The fourth-order valence-corrected chi connectivity index (χ4v) is 2.04. The Labute approximate surface area is 110 Å². The minimum Gasteiger partial charge on any atom is -0.465 e. The highest BCUT2D eigenvalue weighted by Gasteiger charge is 2.22. The molecule has 2 unspecified atom stereocenters. The third-order valence-electron chi connectivity index (χ3n) is 2.98. The van der Waals surface area contributed by atoms with Crippen LogP contribution in [0.4, 0.5) is 4.79 Å². The lowest BCUT2D eigenvalue weighted by Crippen LogP contribution is -2.37. The van der Waals surface area contributed by atoms with Gasteiger partial charge in [0.05, 0.1) is 12.6 Å². The summed E-state index contributed by atoms with van der Waals surface area (Å²) in [5.41, 5.74) is 0.614. The van der Waals surface area contributed by atoms with Crippen molar-refractivity contribution in [2.24, 2.45) is 0 Å². The van der Waals surface area contributed by atoms with Crippen LogP contribution >= 0.6 is 0 Å². The minimum absolute atomic E-state index is 0.516. The second-order valence-corrected chi connectivity index (χ2v) is 4.28. The lowest BCUT2D eigenvalue weighted by molar-refractivity contribution is 0.0619. The number of benzene rings is 2. The lowest BCUT2D eigenvalue weighted by atomic mass is 9.98. The largest absolute Gasteiger partial charge is 0.465 e. The Morgan fingerprint density at radius 1 is 1.16 bits per heavy atom. The smallest absolute Gasteiger partial charge is 0.405 e. The van der Waals surface area contributed by atoms with Crippen LogP contribution in [0.3, 0.4) is 0 Å². The highest BCUT2D eigenvalue weighted by molar-refractivity contribution is 5.83. The first-order valence-electron chi connectivity index (χ1n) is 5.89. The van der Waals surface area contributed by atoms with Crippen LogP contribution in [0.5, 0.6) is 0 Å². The van der Waals surface area contributed by atoms with Gasteiger partial charge in [-0.3, -0.25) is 0 Å². The molecule has 0 aliphatic rings. The van der Waals surface area contributed by atoms with E-state index in [1.54, 1.807) is 12.1 Å². The van der Waals surface area contributed by atoms with E-state index in [4.69, 9.17) is 10.2 Å². The summed E-state index contributed by atoms with van der Waals surface area (Å²) in [6.45, 7) is -0.516. The Hall–Kier alpha value is -2.11. The molecule has 0 saturated heterocycles. The summed E-state index contributed by atoms with van der Waals surface area (Å²) in [5, 5.41) is 31.7.